The average molecular weight is 327 g/mol. The number of aromatic nitrogens is 2. The highest BCUT2D eigenvalue weighted by Gasteiger charge is 2.27. The van der Waals surface area contributed by atoms with Crippen LogP contribution >= 0.6 is 7.44 Å². The van der Waals surface area contributed by atoms with Crippen molar-refractivity contribution in [2.45, 2.75) is 19.4 Å². The first kappa shape index (κ1) is 15.5. The molecule has 22 heavy (non-hydrogen) atoms. The molecule has 0 spiro atoms. The zero-order valence-corrected chi connectivity index (χ0v) is 13.5. The van der Waals surface area contributed by atoms with Crippen LogP contribution in [-0.2, 0) is 9.30 Å². The second kappa shape index (κ2) is 6.37. The highest BCUT2D eigenvalue weighted by Crippen LogP contribution is 2.38. The van der Waals surface area contributed by atoms with Crippen LogP contribution in [0.25, 0.3) is 0 Å². The van der Waals surface area contributed by atoms with E-state index in [-0.39, 0.29) is 12.5 Å². The SMILES string of the molecule is C[C@H](CN1CNc2c(N)ncnc21)OCP1(=O)NCCCN1. The highest BCUT2D eigenvalue weighted by atomic mass is 31.2. The molecular weight excluding hydrogens is 305 g/mol. The van der Waals surface area contributed by atoms with Crippen LogP contribution in [0.1, 0.15) is 13.3 Å². The first-order chi connectivity index (χ1) is 10.6. The molecule has 3 heterocycles. The molecule has 0 unspecified atom stereocenters. The van der Waals surface area contributed by atoms with E-state index in [1.807, 2.05) is 11.8 Å². The van der Waals surface area contributed by atoms with Crippen molar-refractivity contribution in [1.29, 1.82) is 0 Å². The van der Waals surface area contributed by atoms with Crippen molar-refractivity contribution >= 4 is 24.8 Å². The minimum Gasteiger partial charge on any atom is -0.382 e. The Morgan fingerprint density at radius 1 is 1.45 bits per heavy atom. The number of rotatable bonds is 5. The summed E-state index contributed by atoms with van der Waals surface area (Å²) in [6.45, 7) is 4.73. The summed E-state index contributed by atoms with van der Waals surface area (Å²) < 4.78 is 18.2. The van der Waals surface area contributed by atoms with E-state index in [1.54, 1.807) is 0 Å². The molecule has 9 nitrogen and oxygen atoms in total. The number of anilines is 3. The standard InChI is InChI=1S/C12H22N7O2P/c1-9(21-8-22(20)17-3-2-4-18-22)5-19-7-16-10-11(13)14-6-15-12(10)19/h6,9,16H,2-5,7-8H2,1H3,(H2,13,14,15)(H2,17,18,20)/t9-/m1/s1. The summed E-state index contributed by atoms with van der Waals surface area (Å²) in [7, 11) is -2.59. The van der Waals surface area contributed by atoms with Gasteiger partial charge in [-0.05, 0) is 13.3 Å². The van der Waals surface area contributed by atoms with E-state index < -0.39 is 7.44 Å². The zero-order valence-electron chi connectivity index (χ0n) is 12.6. The maximum atomic E-state index is 12.4. The Labute approximate surface area is 129 Å². The molecule has 10 heteroatoms. The molecule has 1 atom stereocenters. The van der Waals surface area contributed by atoms with Crippen LogP contribution in [0.3, 0.4) is 0 Å². The molecule has 1 saturated heterocycles. The monoisotopic (exact) mass is 327 g/mol. The van der Waals surface area contributed by atoms with E-state index >= 15 is 0 Å². The van der Waals surface area contributed by atoms with Gasteiger partial charge in [-0.25, -0.2) is 9.97 Å². The van der Waals surface area contributed by atoms with Gasteiger partial charge in [0, 0.05) is 19.6 Å². The van der Waals surface area contributed by atoms with E-state index in [1.165, 1.54) is 6.33 Å². The third-order valence-corrected chi connectivity index (χ3v) is 5.69. The molecule has 1 fully saturated rings. The molecule has 0 radical (unpaired) electrons. The van der Waals surface area contributed by atoms with Gasteiger partial charge in [0.25, 0.3) is 0 Å². The molecule has 1 aromatic heterocycles. The first-order valence-corrected chi connectivity index (χ1v) is 9.27. The number of hydrogen-bond acceptors (Lipinski definition) is 7. The van der Waals surface area contributed by atoms with Gasteiger partial charge in [-0.3, -0.25) is 14.7 Å². The van der Waals surface area contributed by atoms with Crippen LogP contribution in [0.15, 0.2) is 6.33 Å². The smallest absolute Gasteiger partial charge is 0.236 e. The fourth-order valence-electron chi connectivity index (χ4n) is 2.55. The quantitative estimate of drug-likeness (QED) is 0.569. The number of nitrogens with two attached hydrogens (primary N) is 1. The van der Waals surface area contributed by atoms with Gasteiger partial charge in [0.15, 0.2) is 11.6 Å². The van der Waals surface area contributed by atoms with Gasteiger partial charge in [0.1, 0.15) is 18.4 Å². The van der Waals surface area contributed by atoms with Crippen molar-refractivity contribution in [2.24, 2.45) is 0 Å². The van der Waals surface area contributed by atoms with Crippen molar-refractivity contribution in [3.05, 3.63) is 6.33 Å². The molecule has 5 N–H and O–H groups in total. The molecule has 2 aliphatic rings. The van der Waals surface area contributed by atoms with E-state index in [0.29, 0.717) is 19.0 Å². The van der Waals surface area contributed by atoms with Crippen molar-refractivity contribution in [3.63, 3.8) is 0 Å². The Balaban J connectivity index is 1.54. The molecular formula is C12H22N7O2P. The largest absolute Gasteiger partial charge is 0.382 e. The molecule has 3 rings (SSSR count). The van der Waals surface area contributed by atoms with E-state index in [4.69, 9.17) is 10.5 Å². The lowest BCUT2D eigenvalue weighted by molar-refractivity contribution is 0.103. The van der Waals surface area contributed by atoms with Crippen LogP contribution in [0, 0.1) is 0 Å². The highest BCUT2D eigenvalue weighted by molar-refractivity contribution is 7.59. The third-order valence-electron chi connectivity index (χ3n) is 3.71. The third kappa shape index (κ3) is 3.33. The van der Waals surface area contributed by atoms with Crippen molar-refractivity contribution in [3.8, 4) is 0 Å². The lowest BCUT2D eigenvalue weighted by Crippen LogP contribution is -2.36. The normalized spacial score (nSPS) is 21.2. The van der Waals surface area contributed by atoms with Crippen LogP contribution in [0.2, 0.25) is 0 Å². The minimum absolute atomic E-state index is 0.0831. The van der Waals surface area contributed by atoms with Gasteiger partial charge >= 0.3 is 0 Å². The number of ether oxygens (including phenoxy) is 1. The maximum absolute atomic E-state index is 12.4. The summed E-state index contributed by atoms with van der Waals surface area (Å²) in [5.74, 6) is 1.23. The first-order valence-electron chi connectivity index (χ1n) is 7.38. The van der Waals surface area contributed by atoms with Gasteiger partial charge in [-0.2, -0.15) is 0 Å². The van der Waals surface area contributed by atoms with E-state index in [9.17, 15) is 4.57 Å². The molecule has 2 aliphatic heterocycles. The summed E-state index contributed by atoms with van der Waals surface area (Å²) in [6.07, 6.45) is 2.54. The van der Waals surface area contributed by atoms with Crippen molar-refractivity contribution in [2.75, 3.05) is 48.6 Å². The molecule has 0 saturated carbocycles. The molecule has 0 aliphatic carbocycles. The van der Waals surface area contributed by atoms with Crippen LogP contribution in [0.4, 0.5) is 17.3 Å². The lowest BCUT2D eigenvalue weighted by atomic mass is 10.3. The predicted octanol–water partition coefficient (Wildman–Crippen LogP) is 0.387. The predicted molar refractivity (Wildman–Crippen MR) is 85.9 cm³/mol. The van der Waals surface area contributed by atoms with Gasteiger partial charge in [-0.15, -0.1) is 0 Å². The number of nitrogens with one attached hydrogen (secondary N) is 3. The second-order valence-corrected chi connectivity index (χ2v) is 7.90. The Morgan fingerprint density at radius 3 is 3.00 bits per heavy atom. The fourth-order valence-corrected chi connectivity index (χ4v) is 4.35. The number of hydrogen-bond donors (Lipinski definition) is 4. The van der Waals surface area contributed by atoms with E-state index in [0.717, 1.165) is 31.0 Å². The van der Waals surface area contributed by atoms with Gasteiger partial charge in [0.2, 0.25) is 7.44 Å². The van der Waals surface area contributed by atoms with E-state index in [2.05, 4.69) is 25.5 Å². The molecule has 0 amide bonds. The Bertz CT molecular complexity index is 575. The minimum atomic E-state index is -2.59. The van der Waals surface area contributed by atoms with Gasteiger partial charge in [-0.1, -0.05) is 0 Å². The lowest BCUT2D eigenvalue weighted by Gasteiger charge is -2.27. The molecule has 122 valence electrons. The Hall–Kier alpha value is -1.41. The van der Waals surface area contributed by atoms with Crippen LogP contribution in [0.5, 0.6) is 0 Å². The number of nitrogens with zero attached hydrogens (tertiary/aromatic N) is 3. The van der Waals surface area contributed by atoms with Gasteiger partial charge < -0.3 is 20.7 Å². The number of nitrogen functional groups attached to an aromatic ring is 1. The Kier molecular flexibility index (Phi) is 4.49. The summed E-state index contributed by atoms with van der Waals surface area (Å²) in [5.41, 5.74) is 6.58. The number of fused-ring (bicyclic) bond motifs is 1. The van der Waals surface area contributed by atoms with Gasteiger partial charge in [0.05, 0.1) is 12.8 Å². The van der Waals surface area contributed by atoms with Crippen LogP contribution in [-0.4, -0.2) is 48.7 Å². The maximum Gasteiger partial charge on any atom is 0.236 e. The Morgan fingerprint density at radius 2 is 2.23 bits per heavy atom. The average Bonchev–Trinajstić information content (AvgIpc) is 2.91. The summed E-state index contributed by atoms with van der Waals surface area (Å²) in [6, 6.07) is 0. The van der Waals surface area contributed by atoms with Crippen LogP contribution < -0.4 is 26.1 Å². The zero-order chi connectivity index (χ0) is 15.6. The topological polar surface area (TPSA) is 117 Å². The van der Waals surface area contributed by atoms with Crippen molar-refractivity contribution < 1.29 is 9.30 Å². The molecule has 0 bridgehead atoms. The summed E-state index contributed by atoms with van der Waals surface area (Å²) >= 11 is 0. The molecule has 0 aromatic carbocycles. The second-order valence-electron chi connectivity index (χ2n) is 5.53. The summed E-state index contributed by atoms with van der Waals surface area (Å²) in [4.78, 5) is 10.3. The summed E-state index contributed by atoms with van der Waals surface area (Å²) in [5, 5.41) is 9.23. The fraction of sp³-hybridized carbons (Fsp3) is 0.667. The molecule has 1 aromatic rings. The van der Waals surface area contributed by atoms with Crippen molar-refractivity contribution in [1.82, 2.24) is 20.1 Å².